The first-order valence-electron chi connectivity index (χ1n) is 4.13. The first-order valence-corrected chi connectivity index (χ1v) is 4.13. The van der Waals surface area contributed by atoms with Gasteiger partial charge in [-0.15, -0.1) is 0 Å². The Morgan fingerprint density at radius 3 is 0.917 bits per heavy atom. The predicted molar refractivity (Wildman–Crippen MR) is 49.6 cm³/mol. The molecule has 73 valence electrons. The van der Waals surface area contributed by atoms with Crippen LogP contribution in [0.1, 0.15) is 40.5 Å². The summed E-state index contributed by atoms with van der Waals surface area (Å²) in [5.41, 5.74) is 0. The Kier molecular flexibility index (Phi) is 34.8. The minimum Gasteiger partial charge on any atom is -0.343 e. The number of hydrogen-bond acceptors (Lipinski definition) is 0. The van der Waals surface area contributed by atoms with Crippen LogP contribution in [0.25, 0.3) is 0 Å². The molecule has 2 heteroatoms. The summed E-state index contributed by atoms with van der Waals surface area (Å²) in [7, 11) is 0. The molecule has 0 aliphatic heterocycles. The number of rotatable bonds is 2. The summed E-state index contributed by atoms with van der Waals surface area (Å²) in [6.45, 7) is 16.0. The standard InChI is InChI=1S/2C5H11.Cu.Li/c2*1-4-5(2)3;;/h2*5H,1,4H2,2-3H3;;/q2*-1;+2;+1. The molecule has 12 heavy (non-hydrogen) atoms. The van der Waals surface area contributed by atoms with Crippen LogP contribution in [-0.4, -0.2) is 0 Å². The largest absolute Gasteiger partial charge is 2.00 e. The third-order valence-electron chi connectivity index (χ3n) is 1.15. The Labute approximate surface area is 102 Å². The molecule has 0 saturated heterocycles. The molecule has 0 saturated carbocycles. The van der Waals surface area contributed by atoms with Crippen molar-refractivity contribution in [3.8, 4) is 0 Å². The maximum Gasteiger partial charge on any atom is 2.00 e. The molecule has 0 aliphatic rings. The Balaban J connectivity index is -0.0000000457. The molecule has 0 N–H and O–H groups in total. The van der Waals surface area contributed by atoms with E-state index in [1.807, 2.05) is 0 Å². The van der Waals surface area contributed by atoms with Gasteiger partial charge in [-0.05, 0) is 0 Å². The normalized spacial score (nSPS) is 8.00. The van der Waals surface area contributed by atoms with Gasteiger partial charge in [0.15, 0.2) is 0 Å². The summed E-state index contributed by atoms with van der Waals surface area (Å²) >= 11 is 0. The Bertz CT molecular complexity index is 45.8. The minimum absolute atomic E-state index is 0. The molecule has 0 unspecified atom stereocenters. The Morgan fingerprint density at radius 1 is 0.833 bits per heavy atom. The van der Waals surface area contributed by atoms with E-state index in [4.69, 9.17) is 0 Å². The first kappa shape index (κ1) is 23.2. The predicted octanol–water partition coefficient (Wildman–Crippen LogP) is 0.735. The van der Waals surface area contributed by atoms with Crippen LogP contribution >= 0.6 is 0 Å². The molecule has 0 rings (SSSR count). The summed E-state index contributed by atoms with van der Waals surface area (Å²) in [5, 5.41) is 0. The van der Waals surface area contributed by atoms with Crippen molar-refractivity contribution in [2.24, 2.45) is 11.8 Å². The quantitative estimate of drug-likeness (QED) is 0.468. The third-order valence-corrected chi connectivity index (χ3v) is 1.15. The molecule has 0 amide bonds. The van der Waals surface area contributed by atoms with Crippen LogP contribution in [0.3, 0.4) is 0 Å². The van der Waals surface area contributed by atoms with Gasteiger partial charge in [-0.1, -0.05) is 39.5 Å². The van der Waals surface area contributed by atoms with Crippen molar-refractivity contribution in [3.63, 3.8) is 0 Å². The van der Waals surface area contributed by atoms with Crippen LogP contribution in [0.2, 0.25) is 0 Å². The van der Waals surface area contributed by atoms with Gasteiger partial charge in [0, 0.05) is 0 Å². The van der Waals surface area contributed by atoms with Gasteiger partial charge in [0.25, 0.3) is 0 Å². The molecule has 0 spiro atoms. The van der Waals surface area contributed by atoms with E-state index in [0.29, 0.717) is 0 Å². The van der Waals surface area contributed by atoms with Gasteiger partial charge in [0.05, 0.1) is 0 Å². The molecular formula is C10H22CuLi+. The van der Waals surface area contributed by atoms with E-state index in [9.17, 15) is 0 Å². The van der Waals surface area contributed by atoms with Gasteiger partial charge in [-0.3, -0.25) is 0 Å². The molecule has 1 radical (unpaired) electrons. The zero-order valence-corrected chi connectivity index (χ0v) is 10.2. The zero-order chi connectivity index (χ0) is 8.57. The summed E-state index contributed by atoms with van der Waals surface area (Å²) in [6.07, 6.45) is 2.11. The average Bonchev–Trinajstić information content (AvgIpc) is 1.89. The SMILES string of the molecule is [CH2-]CC(C)C.[CH2-]CC(C)C.[Cu+2].[Li+]. The van der Waals surface area contributed by atoms with Crippen molar-refractivity contribution in [1.29, 1.82) is 0 Å². The average molecular weight is 213 g/mol. The van der Waals surface area contributed by atoms with Crippen LogP contribution in [0.5, 0.6) is 0 Å². The molecule has 0 aromatic carbocycles. The van der Waals surface area contributed by atoms with E-state index in [-0.39, 0.29) is 35.9 Å². The third kappa shape index (κ3) is 43.5. The molecule has 0 aromatic rings. The fourth-order valence-corrected chi connectivity index (χ4v) is 0. The van der Waals surface area contributed by atoms with Crippen molar-refractivity contribution < 1.29 is 35.9 Å². The van der Waals surface area contributed by atoms with Crippen LogP contribution in [-0.2, 0) is 17.1 Å². The second-order valence-corrected chi connectivity index (χ2v) is 3.37. The first-order chi connectivity index (χ1) is 4.54. The minimum atomic E-state index is 0. The van der Waals surface area contributed by atoms with Gasteiger partial charge < -0.3 is 13.8 Å². The topological polar surface area (TPSA) is 0 Å². The summed E-state index contributed by atoms with van der Waals surface area (Å²) in [5.74, 6) is 1.55. The Morgan fingerprint density at radius 2 is 0.917 bits per heavy atom. The van der Waals surface area contributed by atoms with Gasteiger partial charge in [0.1, 0.15) is 0 Å². The Hall–Kier alpha value is 1.12. The van der Waals surface area contributed by atoms with Gasteiger partial charge in [0.2, 0.25) is 0 Å². The van der Waals surface area contributed by atoms with Crippen LogP contribution in [0.15, 0.2) is 0 Å². The fraction of sp³-hybridized carbons (Fsp3) is 0.800. The summed E-state index contributed by atoms with van der Waals surface area (Å²) in [6, 6.07) is 0. The summed E-state index contributed by atoms with van der Waals surface area (Å²) < 4.78 is 0. The molecule has 0 nitrogen and oxygen atoms in total. The molecule has 0 heterocycles. The second-order valence-electron chi connectivity index (χ2n) is 3.37. The maximum atomic E-state index is 3.69. The molecule has 0 bridgehead atoms. The van der Waals surface area contributed by atoms with Gasteiger partial charge >= 0.3 is 35.9 Å². The van der Waals surface area contributed by atoms with Crippen molar-refractivity contribution >= 4 is 0 Å². The molecule has 0 aliphatic carbocycles. The smallest absolute Gasteiger partial charge is 0.343 e. The number of hydrogen-bond donors (Lipinski definition) is 0. The molecule has 0 fully saturated rings. The summed E-state index contributed by atoms with van der Waals surface area (Å²) in [4.78, 5) is 0. The zero-order valence-electron chi connectivity index (χ0n) is 9.28. The van der Waals surface area contributed by atoms with Crippen LogP contribution in [0.4, 0.5) is 0 Å². The van der Waals surface area contributed by atoms with E-state index in [1.54, 1.807) is 0 Å². The van der Waals surface area contributed by atoms with Crippen molar-refractivity contribution in [1.82, 2.24) is 0 Å². The monoisotopic (exact) mass is 212 g/mol. The molecular weight excluding hydrogens is 191 g/mol. The maximum absolute atomic E-state index is 3.69. The van der Waals surface area contributed by atoms with Crippen molar-refractivity contribution in [2.75, 3.05) is 0 Å². The molecule has 0 aromatic heterocycles. The fourth-order valence-electron chi connectivity index (χ4n) is 0. The van der Waals surface area contributed by atoms with Gasteiger partial charge in [-0.25, -0.2) is 0 Å². The molecule has 0 atom stereocenters. The van der Waals surface area contributed by atoms with E-state index in [2.05, 4.69) is 41.5 Å². The van der Waals surface area contributed by atoms with Crippen LogP contribution < -0.4 is 18.9 Å². The second kappa shape index (κ2) is 18.0. The van der Waals surface area contributed by atoms with E-state index in [0.717, 1.165) is 24.7 Å². The van der Waals surface area contributed by atoms with Crippen molar-refractivity contribution in [3.05, 3.63) is 13.8 Å². The van der Waals surface area contributed by atoms with E-state index < -0.39 is 0 Å². The van der Waals surface area contributed by atoms with E-state index >= 15 is 0 Å². The van der Waals surface area contributed by atoms with Gasteiger partial charge in [-0.2, -0.15) is 12.8 Å². The van der Waals surface area contributed by atoms with Crippen molar-refractivity contribution in [2.45, 2.75) is 40.5 Å². The van der Waals surface area contributed by atoms with E-state index in [1.165, 1.54) is 0 Å². The van der Waals surface area contributed by atoms with Crippen LogP contribution in [0, 0.1) is 25.7 Å².